The van der Waals surface area contributed by atoms with Crippen LogP contribution in [-0.2, 0) is 9.59 Å². The third-order valence-electron chi connectivity index (χ3n) is 1.97. The molecule has 0 spiro atoms. The lowest BCUT2D eigenvalue weighted by atomic mass is 9.94. The van der Waals surface area contributed by atoms with E-state index in [1.807, 2.05) is 13.8 Å². The highest BCUT2D eigenvalue weighted by atomic mass is 16.2. The summed E-state index contributed by atoms with van der Waals surface area (Å²) in [4.78, 5) is 21.1. The molecule has 11 heavy (non-hydrogen) atoms. The van der Waals surface area contributed by atoms with E-state index < -0.39 is 0 Å². The van der Waals surface area contributed by atoms with Crippen LogP contribution in [0.2, 0.25) is 0 Å². The van der Waals surface area contributed by atoms with E-state index in [0.29, 0.717) is 13.0 Å². The van der Waals surface area contributed by atoms with Gasteiger partial charge in [-0.15, -0.1) is 0 Å². The van der Waals surface area contributed by atoms with E-state index in [0.717, 1.165) is 0 Å². The molecule has 4 nitrogen and oxygen atoms in total. The first-order chi connectivity index (χ1) is 5.08. The van der Waals surface area contributed by atoms with Gasteiger partial charge in [0, 0.05) is 12.2 Å². The average molecular weight is 156 g/mol. The highest BCUT2D eigenvalue weighted by Gasteiger charge is 2.38. The monoisotopic (exact) mass is 156 g/mol. The summed E-state index contributed by atoms with van der Waals surface area (Å²) in [5.74, 6) is -0.389. The van der Waals surface area contributed by atoms with Crippen LogP contribution in [-0.4, -0.2) is 30.3 Å². The van der Waals surface area contributed by atoms with E-state index in [-0.39, 0.29) is 17.4 Å². The topological polar surface area (TPSA) is 58.2 Å². The lowest BCUT2D eigenvalue weighted by Crippen LogP contribution is -2.48. The number of Topliss-reactive ketones (excluding diaryl/α,β-unsaturated/α-hetero) is 1. The largest absolute Gasteiger partial charge is 0.297 e. The summed E-state index contributed by atoms with van der Waals surface area (Å²) >= 11 is 0. The van der Waals surface area contributed by atoms with Crippen molar-refractivity contribution in [3.05, 3.63) is 0 Å². The standard InChI is InChI=1S/C7H12N2O2/c1-7(2)6(5(11)3-10)8-4-9-7/h3,6,8-9H,4H2,1-2H3. The van der Waals surface area contributed by atoms with Gasteiger partial charge in [-0.25, -0.2) is 0 Å². The molecule has 1 rings (SSSR count). The van der Waals surface area contributed by atoms with Gasteiger partial charge < -0.3 is 0 Å². The molecule has 0 bridgehead atoms. The van der Waals surface area contributed by atoms with Crippen LogP contribution in [0.1, 0.15) is 13.8 Å². The van der Waals surface area contributed by atoms with Gasteiger partial charge in [-0.2, -0.15) is 0 Å². The van der Waals surface area contributed by atoms with Crippen molar-refractivity contribution < 1.29 is 9.59 Å². The quantitative estimate of drug-likeness (QED) is 0.400. The first kappa shape index (κ1) is 8.36. The van der Waals surface area contributed by atoms with Gasteiger partial charge in [0.15, 0.2) is 6.29 Å². The second-order valence-corrected chi connectivity index (χ2v) is 3.23. The molecule has 2 N–H and O–H groups in total. The maximum Gasteiger partial charge on any atom is 0.213 e. The average Bonchev–Trinajstić information content (AvgIpc) is 2.28. The molecule has 1 heterocycles. The summed E-state index contributed by atoms with van der Waals surface area (Å²) in [6.45, 7) is 4.36. The number of ketones is 1. The zero-order chi connectivity index (χ0) is 8.48. The van der Waals surface area contributed by atoms with Crippen LogP contribution < -0.4 is 10.6 Å². The molecule has 0 aliphatic carbocycles. The highest BCUT2D eigenvalue weighted by molar-refractivity contribution is 6.28. The first-order valence-electron chi connectivity index (χ1n) is 3.55. The van der Waals surface area contributed by atoms with Crippen molar-refractivity contribution in [2.45, 2.75) is 25.4 Å². The van der Waals surface area contributed by atoms with Crippen molar-refractivity contribution in [3.63, 3.8) is 0 Å². The lowest BCUT2D eigenvalue weighted by Gasteiger charge is -2.23. The lowest BCUT2D eigenvalue weighted by molar-refractivity contribution is -0.131. The Bertz CT molecular complexity index is 189. The van der Waals surface area contributed by atoms with Gasteiger partial charge in [0.05, 0.1) is 6.04 Å². The molecule has 1 fully saturated rings. The van der Waals surface area contributed by atoms with Gasteiger partial charge in [0.25, 0.3) is 0 Å². The van der Waals surface area contributed by atoms with Crippen LogP contribution in [0.5, 0.6) is 0 Å². The molecule has 1 atom stereocenters. The molecular formula is C7H12N2O2. The van der Waals surface area contributed by atoms with Crippen molar-refractivity contribution in [2.24, 2.45) is 0 Å². The number of nitrogens with one attached hydrogen (secondary N) is 2. The van der Waals surface area contributed by atoms with E-state index in [4.69, 9.17) is 0 Å². The summed E-state index contributed by atoms with van der Waals surface area (Å²) in [6, 6.07) is -0.375. The summed E-state index contributed by atoms with van der Waals surface area (Å²) in [7, 11) is 0. The Labute approximate surface area is 65.3 Å². The minimum atomic E-state index is -0.389. The van der Waals surface area contributed by atoms with Crippen LogP contribution >= 0.6 is 0 Å². The molecule has 1 saturated heterocycles. The molecule has 0 aromatic carbocycles. The first-order valence-corrected chi connectivity index (χ1v) is 3.55. The Morgan fingerprint density at radius 3 is 2.64 bits per heavy atom. The Morgan fingerprint density at radius 1 is 1.64 bits per heavy atom. The molecular weight excluding hydrogens is 144 g/mol. The highest BCUT2D eigenvalue weighted by Crippen LogP contribution is 2.13. The molecule has 1 aliphatic heterocycles. The van der Waals surface area contributed by atoms with Gasteiger partial charge in [-0.1, -0.05) is 0 Å². The Kier molecular flexibility index (Phi) is 2.06. The van der Waals surface area contributed by atoms with Crippen molar-refractivity contribution in [1.29, 1.82) is 0 Å². The molecule has 0 radical (unpaired) electrons. The fraction of sp³-hybridized carbons (Fsp3) is 0.714. The van der Waals surface area contributed by atoms with Crippen LogP contribution in [0.15, 0.2) is 0 Å². The van der Waals surface area contributed by atoms with Crippen molar-refractivity contribution >= 4 is 12.1 Å². The SMILES string of the molecule is CC1(C)NCNC1C(=O)C=O. The zero-order valence-electron chi connectivity index (χ0n) is 6.68. The molecule has 62 valence electrons. The fourth-order valence-corrected chi connectivity index (χ4v) is 1.26. The maximum atomic E-state index is 11.0. The van der Waals surface area contributed by atoms with Gasteiger partial charge in [0.2, 0.25) is 5.78 Å². The molecule has 0 aromatic heterocycles. The Hall–Kier alpha value is -0.740. The smallest absolute Gasteiger partial charge is 0.213 e. The van der Waals surface area contributed by atoms with E-state index >= 15 is 0 Å². The molecule has 1 unspecified atom stereocenters. The fourth-order valence-electron chi connectivity index (χ4n) is 1.26. The maximum absolute atomic E-state index is 11.0. The molecule has 1 aliphatic rings. The number of carbonyl (C=O) groups excluding carboxylic acids is 2. The predicted octanol–water partition coefficient (Wildman–Crippen LogP) is -0.948. The summed E-state index contributed by atoms with van der Waals surface area (Å²) < 4.78 is 0. The summed E-state index contributed by atoms with van der Waals surface area (Å²) in [6.07, 6.45) is 0.367. The number of aldehydes is 1. The number of carbonyl (C=O) groups is 2. The van der Waals surface area contributed by atoms with Gasteiger partial charge in [0.1, 0.15) is 0 Å². The Balaban J connectivity index is 2.72. The Morgan fingerprint density at radius 2 is 2.27 bits per heavy atom. The third kappa shape index (κ3) is 1.46. The van der Waals surface area contributed by atoms with Crippen LogP contribution in [0, 0.1) is 0 Å². The van der Waals surface area contributed by atoms with Gasteiger partial charge in [-0.05, 0) is 13.8 Å². The van der Waals surface area contributed by atoms with Crippen LogP contribution in [0.3, 0.4) is 0 Å². The summed E-state index contributed by atoms with van der Waals surface area (Å²) in [5, 5.41) is 5.98. The number of hydrogen-bond donors (Lipinski definition) is 2. The van der Waals surface area contributed by atoms with Crippen molar-refractivity contribution in [1.82, 2.24) is 10.6 Å². The minimum Gasteiger partial charge on any atom is -0.297 e. The van der Waals surface area contributed by atoms with Crippen LogP contribution in [0.4, 0.5) is 0 Å². The second kappa shape index (κ2) is 2.71. The van der Waals surface area contributed by atoms with E-state index in [9.17, 15) is 9.59 Å². The molecule has 0 amide bonds. The van der Waals surface area contributed by atoms with Gasteiger partial charge >= 0.3 is 0 Å². The van der Waals surface area contributed by atoms with Gasteiger partial charge in [-0.3, -0.25) is 20.2 Å². The van der Waals surface area contributed by atoms with E-state index in [1.165, 1.54) is 0 Å². The van der Waals surface area contributed by atoms with Crippen molar-refractivity contribution in [3.8, 4) is 0 Å². The normalized spacial score (nSPS) is 28.4. The molecule has 0 aromatic rings. The number of hydrogen-bond acceptors (Lipinski definition) is 4. The van der Waals surface area contributed by atoms with E-state index in [2.05, 4.69) is 10.6 Å². The molecule has 0 saturated carbocycles. The van der Waals surface area contributed by atoms with Crippen LogP contribution in [0.25, 0.3) is 0 Å². The van der Waals surface area contributed by atoms with E-state index in [1.54, 1.807) is 0 Å². The third-order valence-corrected chi connectivity index (χ3v) is 1.97. The molecule has 4 heteroatoms. The minimum absolute atomic E-state index is 0.308. The zero-order valence-corrected chi connectivity index (χ0v) is 6.68. The predicted molar refractivity (Wildman–Crippen MR) is 40.1 cm³/mol. The second-order valence-electron chi connectivity index (χ2n) is 3.23. The summed E-state index contributed by atoms with van der Waals surface area (Å²) in [5.41, 5.74) is -0.308. The number of rotatable bonds is 2. The van der Waals surface area contributed by atoms with Crippen molar-refractivity contribution in [2.75, 3.05) is 6.67 Å².